The number of nitrogens with one attached hydrogen (secondary N) is 1. The molecule has 1 unspecified atom stereocenters. The van der Waals surface area contributed by atoms with Gasteiger partial charge in [0.15, 0.2) is 0 Å². The monoisotopic (exact) mass is 304 g/mol. The van der Waals surface area contributed by atoms with E-state index in [4.69, 9.17) is 0 Å². The largest absolute Gasteiger partial charge is 0.351 e. The highest BCUT2D eigenvalue weighted by Crippen LogP contribution is 2.19. The summed E-state index contributed by atoms with van der Waals surface area (Å²) in [5.74, 6) is 0.0890. The fourth-order valence-electron chi connectivity index (χ4n) is 2.01. The molecule has 2 heterocycles. The van der Waals surface area contributed by atoms with E-state index in [-0.39, 0.29) is 11.8 Å². The molecule has 2 aromatic heterocycles. The minimum atomic E-state index is -0.112. The van der Waals surface area contributed by atoms with Crippen molar-refractivity contribution < 1.29 is 4.79 Å². The molecule has 1 amide bonds. The molecule has 6 heteroatoms. The molecule has 21 heavy (non-hydrogen) atoms. The summed E-state index contributed by atoms with van der Waals surface area (Å²) in [6.45, 7) is 6.67. The molecule has 0 saturated heterocycles. The lowest BCUT2D eigenvalue weighted by atomic mass is 10.1. The van der Waals surface area contributed by atoms with Crippen molar-refractivity contribution in [2.75, 3.05) is 6.54 Å². The molecule has 0 aliphatic heterocycles. The third kappa shape index (κ3) is 4.07. The van der Waals surface area contributed by atoms with E-state index in [1.165, 1.54) is 6.33 Å². The van der Waals surface area contributed by atoms with Gasteiger partial charge in [0.2, 0.25) is 0 Å². The fourth-order valence-corrected chi connectivity index (χ4v) is 2.86. The zero-order valence-corrected chi connectivity index (χ0v) is 13.4. The normalized spacial score (nSPS) is 12.1. The van der Waals surface area contributed by atoms with Crippen molar-refractivity contribution in [3.8, 4) is 0 Å². The minimum Gasteiger partial charge on any atom is -0.351 e. The number of aromatic nitrogens is 3. The Labute approximate surface area is 128 Å². The lowest BCUT2D eigenvalue weighted by Crippen LogP contribution is -2.28. The molecule has 1 atom stereocenters. The molecule has 0 aromatic carbocycles. The second-order valence-corrected chi connectivity index (χ2v) is 5.96. The highest BCUT2D eigenvalue weighted by Gasteiger charge is 2.15. The maximum atomic E-state index is 12.3. The Morgan fingerprint density at radius 2 is 2.29 bits per heavy atom. The standard InChI is InChI=1S/C15H20N4OS/c1-4-5-13-12(7-16-9-18-13)14(20)17-6-10(2)15-19-11(3)8-21-15/h7-10H,4-6H2,1-3H3,(H,17,20). The Bertz CT molecular complexity index is 611. The zero-order valence-electron chi connectivity index (χ0n) is 12.6. The smallest absolute Gasteiger partial charge is 0.254 e. The van der Waals surface area contributed by atoms with Gasteiger partial charge in [0.25, 0.3) is 5.91 Å². The first kappa shape index (κ1) is 15.6. The summed E-state index contributed by atoms with van der Waals surface area (Å²) < 4.78 is 0. The van der Waals surface area contributed by atoms with Crippen molar-refractivity contribution in [3.05, 3.63) is 39.9 Å². The lowest BCUT2D eigenvalue weighted by Gasteiger charge is -2.11. The number of amides is 1. The van der Waals surface area contributed by atoms with E-state index < -0.39 is 0 Å². The molecule has 0 fully saturated rings. The third-order valence-corrected chi connectivity index (χ3v) is 4.35. The molecule has 0 bridgehead atoms. The van der Waals surface area contributed by atoms with Crippen LogP contribution in [0.4, 0.5) is 0 Å². The van der Waals surface area contributed by atoms with E-state index in [2.05, 4.69) is 34.1 Å². The van der Waals surface area contributed by atoms with Crippen LogP contribution in [0.5, 0.6) is 0 Å². The van der Waals surface area contributed by atoms with Crippen molar-refractivity contribution in [1.82, 2.24) is 20.3 Å². The SMILES string of the molecule is CCCc1ncncc1C(=O)NCC(C)c1nc(C)cs1. The Kier molecular flexibility index (Phi) is 5.38. The quantitative estimate of drug-likeness (QED) is 0.891. The summed E-state index contributed by atoms with van der Waals surface area (Å²) in [4.78, 5) is 24.9. The lowest BCUT2D eigenvalue weighted by molar-refractivity contribution is 0.0950. The van der Waals surface area contributed by atoms with Crippen LogP contribution in [-0.4, -0.2) is 27.4 Å². The van der Waals surface area contributed by atoms with Crippen molar-refractivity contribution in [2.45, 2.75) is 39.5 Å². The van der Waals surface area contributed by atoms with Crippen LogP contribution < -0.4 is 5.32 Å². The Balaban J connectivity index is 1.98. The summed E-state index contributed by atoms with van der Waals surface area (Å²) in [6.07, 6.45) is 4.81. The predicted octanol–water partition coefficient (Wildman–Crippen LogP) is 2.73. The fraction of sp³-hybridized carbons (Fsp3) is 0.467. The van der Waals surface area contributed by atoms with Gasteiger partial charge in [0.1, 0.15) is 6.33 Å². The van der Waals surface area contributed by atoms with E-state index in [0.29, 0.717) is 12.1 Å². The number of hydrogen-bond donors (Lipinski definition) is 1. The van der Waals surface area contributed by atoms with Crippen LogP contribution in [0, 0.1) is 6.92 Å². The first-order valence-corrected chi connectivity index (χ1v) is 7.98. The van der Waals surface area contributed by atoms with Crippen LogP contribution in [-0.2, 0) is 6.42 Å². The number of nitrogens with zero attached hydrogens (tertiary/aromatic N) is 3. The van der Waals surface area contributed by atoms with Gasteiger partial charge in [0.05, 0.1) is 16.3 Å². The summed E-state index contributed by atoms with van der Waals surface area (Å²) in [7, 11) is 0. The second-order valence-electron chi connectivity index (χ2n) is 5.07. The average Bonchev–Trinajstić information content (AvgIpc) is 2.92. The summed E-state index contributed by atoms with van der Waals surface area (Å²) in [5, 5.41) is 6.03. The predicted molar refractivity (Wildman–Crippen MR) is 83.6 cm³/mol. The molecule has 0 spiro atoms. The van der Waals surface area contributed by atoms with Gasteiger partial charge < -0.3 is 5.32 Å². The molecule has 2 rings (SSSR count). The van der Waals surface area contributed by atoms with Crippen molar-refractivity contribution in [3.63, 3.8) is 0 Å². The summed E-state index contributed by atoms with van der Waals surface area (Å²) in [5.41, 5.74) is 2.40. The van der Waals surface area contributed by atoms with Crippen LogP contribution in [0.2, 0.25) is 0 Å². The van der Waals surface area contributed by atoms with Crippen LogP contribution in [0.25, 0.3) is 0 Å². The van der Waals surface area contributed by atoms with Gasteiger partial charge in [-0.15, -0.1) is 11.3 Å². The number of carbonyl (C=O) groups excluding carboxylic acids is 1. The Hall–Kier alpha value is -1.82. The van der Waals surface area contributed by atoms with E-state index in [0.717, 1.165) is 29.2 Å². The molecule has 0 saturated carbocycles. The number of hydrogen-bond acceptors (Lipinski definition) is 5. The minimum absolute atomic E-state index is 0.112. The second kappa shape index (κ2) is 7.26. The number of rotatable bonds is 6. The van der Waals surface area contributed by atoms with Crippen LogP contribution in [0.1, 0.15) is 52.9 Å². The first-order chi connectivity index (χ1) is 10.1. The molecule has 0 aliphatic rings. The molecular formula is C15H20N4OS. The number of carbonyl (C=O) groups is 1. The average molecular weight is 304 g/mol. The van der Waals surface area contributed by atoms with Gasteiger partial charge in [-0.3, -0.25) is 4.79 Å². The van der Waals surface area contributed by atoms with Crippen LogP contribution in [0.3, 0.4) is 0 Å². The summed E-state index contributed by atoms with van der Waals surface area (Å²) in [6, 6.07) is 0. The van der Waals surface area contributed by atoms with Gasteiger partial charge in [-0.05, 0) is 13.3 Å². The highest BCUT2D eigenvalue weighted by molar-refractivity contribution is 7.09. The van der Waals surface area contributed by atoms with Crippen molar-refractivity contribution in [1.29, 1.82) is 0 Å². The van der Waals surface area contributed by atoms with Crippen LogP contribution >= 0.6 is 11.3 Å². The van der Waals surface area contributed by atoms with Gasteiger partial charge >= 0.3 is 0 Å². The van der Waals surface area contributed by atoms with Crippen molar-refractivity contribution in [2.24, 2.45) is 0 Å². The number of aryl methyl sites for hydroxylation is 2. The van der Waals surface area contributed by atoms with E-state index >= 15 is 0 Å². The molecular weight excluding hydrogens is 284 g/mol. The molecule has 0 radical (unpaired) electrons. The number of thiazole rings is 1. The Morgan fingerprint density at radius 1 is 1.48 bits per heavy atom. The molecule has 112 valence electrons. The van der Waals surface area contributed by atoms with E-state index in [9.17, 15) is 4.79 Å². The van der Waals surface area contributed by atoms with Gasteiger partial charge in [0, 0.05) is 29.7 Å². The topological polar surface area (TPSA) is 67.8 Å². The third-order valence-electron chi connectivity index (χ3n) is 3.15. The van der Waals surface area contributed by atoms with Gasteiger partial charge in [-0.2, -0.15) is 0 Å². The van der Waals surface area contributed by atoms with Gasteiger partial charge in [-0.1, -0.05) is 20.3 Å². The van der Waals surface area contributed by atoms with E-state index in [1.54, 1.807) is 17.5 Å². The molecule has 5 nitrogen and oxygen atoms in total. The molecule has 2 aromatic rings. The highest BCUT2D eigenvalue weighted by atomic mass is 32.1. The van der Waals surface area contributed by atoms with E-state index in [1.807, 2.05) is 12.3 Å². The zero-order chi connectivity index (χ0) is 15.2. The molecule has 0 aliphatic carbocycles. The van der Waals surface area contributed by atoms with Crippen LogP contribution in [0.15, 0.2) is 17.9 Å². The molecule has 1 N–H and O–H groups in total. The summed E-state index contributed by atoms with van der Waals surface area (Å²) >= 11 is 1.63. The van der Waals surface area contributed by atoms with Crippen molar-refractivity contribution >= 4 is 17.2 Å². The Morgan fingerprint density at radius 3 is 2.95 bits per heavy atom. The maximum Gasteiger partial charge on any atom is 0.254 e. The van der Waals surface area contributed by atoms with Gasteiger partial charge in [-0.25, -0.2) is 15.0 Å². The first-order valence-electron chi connectivity index (χ1n) is 7.11. The maximum absolute atomic E-state index is 12.3.